The maximum absolute atomic E-state index is 12.4. The number of aliphatic imine (C=N–C) groups is 1. The minimum atomic E-state index is -3.67. The highest BCUT2D eigenvalue weighted by molar-refractivity contribution is 7.90. The van der Waals surface area contributed by atoms with Crippen molar-refractivity contribution in [2.45, 2.75) is 43.0 Å². The Morgan fingerprint density at radius 1 is 1.33 bits per heavy atom. The monoisotopic (exact) mass is 350 g/mol. The van der Waals surface area contributed by atoms with Crippen LogP contribution in [0, 0.1) is 0 Å². The molecule has 1 unspecified atom stereocenters. The Balaban J connectivity index is 1.65. The van der Waals surface area contributed by atoms with Crippen molar-refractivity contribution < 1.29 is 13.2 Å². The Hall–Kier alpha value is -1.93. The molecule has 1 aromatic rings. The first-order valence-electron chi connectivity index (χ1n) is 8.22. The lowest BCUT2D eigenvalue weighted by atomic mass is 10.1. The third-order valence-electron chi connectivity index (χ3n) is 4.15. The number of rotatable bonds is 5. The smallest absolute Gasteiger partial charge is 0.262 e. The van der Waals surface area contributed by atoms with Crippen LogP contribution in [0.15, 0.2) is 34.2 Å². The zero-order valence-corrected chi connectivity index (χ0v) is 14.2. The van der Waals surface area contributed by atoms with Crippen LogP contribution in [0.3, 0.4) is 0 Å². The maximum atomic E-state index is 12.4. The van der Waals surface area contributed by atoms with Crippen molar-refractivity contribution in [3.63, 3.8) is 0 Å². The predicted molar refractivity (Wildman–Crippen MR) is 92.6 cm³/mol. The molecule has 2 aliphatic heterocycles. The fourth-order valence-electron chi connectivity index (χ4n) is 2.94. The van der Waals surface area contributed by atoms with Crippen LogP contribution in [0.1, 0.15) is 32.1 Å². The van der Waals surface area contributed by atoms with Gasteiger partial charge in [-0.3, -0.25) is 14.5 Å². The predicted octanol–water partition coefficient (Wildman–Crippen LogP) is 1.24. The van der Waals surface area contributed by atoms with Gasteiger partial charge < -0.3 is 10.6 Å². The highest BCUT2D eigenvalue weighted by Crippen LogP contribution is 2.17. The number of hydrogen-bond acceptors (Lipinski definition) is 5. The minimum Gasteiger partial charge on any atom is -0.326 e. The number of carbonyl (C=O) groups excluding carboxylic acids is 1. The van der Waals surface area contributed by atoms with Crippen LogP contribution in [-0.2, 0) is 14.8 Å². The van der Waals surface area contributed by atoms with E-state index in [1.54, 1.807) is 12.1 Å². The van der Waals surface area contributed by atoms with Gasteiger partial charge in [-0.25, -0.2) is 8.42 Å². The largest absolute Gasteiger partial charge is 0.326 e. The van der Waals surface area contributed by atoms with Gasteiger partial charge in [0.2, 0.25) is 5.91 Å². The van der Waals surface area contributed by atoms with Crippen molar-refractivity contribution in [2.75, 3.05) is 18.4 Å². The zero-order valence-electron chi connectivity index (χ0n) is 13.4. The molecule has 0 aromatic heterocycles. The Kier molecular flexibility index (Phi) is 5.15. The van der Waals surface area contributed by atoms with E-state index in [0.717, 1.165) is 25.8 Å². The van der Waals surface area contributed by atoms with Crippen LogP contribution in [-0.4, -0.2) is 39.3 Å². The van der Waals surface area contributed by atoms with Crippen LogP contribution in [0.25, 0.3) is 0 Å². The van der Waals surface area contributed by atoms with Gasteiger partial charge in [-0.15, -0.1) is 0 Å². The van der Waals surface area contributed by atoms with Crippen LogP contribution < -0.4 is 15.4 Å². The molecule has 0 spiro atoms. The zero-order chi connectivity index (χ0) is 17.0. The molecule has 3 N–H and O–H groups in total. The Bertz CT molecular complexity index is 739. The minimum absolute atomic E-state index is 0.114. The van der Waals surface area contributed by atoms with E-state index >= 15 is 0 Å². The summed E-state index contributed by atoms with van der Waals surface area (Å²) in [6, 6.07) is 6.49. The number of sulfonamides is 1. The number of hydrogen-bond donors (Lipinski definition) is 3. The summed E-state index contributed by atoms with van der Waals surface area (Å²) in [7, 11) is -3.67. The number of anilines is 1. The highest BCUT2D eigenvalue weighted by Gasteiger charge is 2.20. The van der Waals surface area contributed by atoms with Gasteiger partial charge >= 0.3 is 0 Å². The lowest BCUT2D eigenvalue weighted by Gasteiger charge is -2.12. The molecule has 2 aliphatic rings. The summed E-state index contributed by atoms with van der Waals surface area (Å²) in [5, 5.41) is 6.04. The van der Waals surface area contributed by atoms with Gasteiger partial charge in [0.1, 0.15) is 5.84 Å². The second-order valence-electron chi connectivity index (χ2n) is 6.11. The van der Waals surface area contributed by atoms with Crippen molar-refractivity contribution in [3.8, 4) is 0 Å². The van der Waals surface area contributed by atoms with Crippen molar-refractivity contribution >= 4 is 27.5 Å². The number of amides is 1. The van der Waals surface area contributed by atoms with Gasteiger partial charge in [-0.2, -0.15) is 0 Å². The molecule has 1 saturated heterocycles. The van der Waals surface area contributed by atoms with Gasteiger partial charge in [0.25, 0.3) is 10.0 Å². The van der Waals surface area contributed by atoms with Crippen molar-refractivity contribution in [1.82, 2.24) is 10.0 Å². The van der Waals surface area contributed by atoms with Crippen molar-refractivity contribution in [2.24, 2.45) is 4.99 Å². The Morgan fingerprint density at radius 3 is 2.92 bits per heavy atom. The van der Waals surface area contributed by atoms with Crippen LogP contribution in [0.2, 0.25) is 0 Å². The summed E-state index contributed by atoms with van der Waals surface area (Å²) in [6.07, 6.45) is 3.98. The summed E-state index contributed by atoms with van der Waals surface area (Å²) in [5.41, 5.74) is 0.481. The molecule has 0 radical (unpaired) electrons. The number of nitrogens with zero attached hydrogens (tertiary/aromatic N) is 1. The number of benzene rings is 1. The molecule has 24 heavy (non-hydrogen) atoms. The molecule has 130 valence electrons. The molecule has 3 rings (SSSR count). The van der Waals surface area contributed by atoms with Gasteiger partial charge in [0.15, 0.2) is 0 Å². The standard InChI is InChI=1S/C16H22N4O3S/c21-16(11-12-5-2-8-17-12)19-13-4-1-6-14(10-13)24(22,23)20-15-7-3-9-18-15/h1,4,6,10,12,17H,2-3,5,7-9,11H2,(H,18,20)(H,19,21). The quantitative estimate of drug-likeness (QED) is 0.744. The van der Waals surface area contributed by atoms with Gasteiger partial charge in [-0.05, 0) is 44.0 Å². The average Bonchev–Trinajstić information content (AvgIpc) is 3.21. The molecule has 8 heteroatoms. The summed E-state index contributed by atoms with van der Waals surface area (Å²) in [4.78, 5) is 16.3. The van der Waals surface area contributed by atoms with Crippen LogP contribution in [0.5, 0.6) is 0 Å². The van der Waals surface area contributed by atoms with Gasteiger partial charge in [-0.1, -0.05) is 6.07 Å². The van der Waals surface area contributed by atoms with E-state index in [2.05, 4.69) is 20.3 Å². The maximum Gasteiger partial charge on any atom is 0.262 e. The molecule has 7 nitrogen and oxygen atoms in total. The SMILES string of the molecule is O=C(CC1CCCN1)Nc1cccc(S(=O)(=O)NC2=NCCC2)c1. The second-order valence-corrected chi connectivity index (χ2v) is 7.79. The number of nitrogens with one attached hydrogen (secondary N) is 3. The third kappa shape index (κ3) is 4.33. The summed E-state index contributed by atoms with van der Waals surface area (Å²) < 4.78 is 27.3. The third-order valence-corrected chi connectivity index (χ3v) is 5.53. The molecule has 0 saturated carbocycles. The molecule has 0 bridgehead atoms. The first-order valence-corrected chi connectivity index (χ1v) is 9.71. The van der Waals surface area contributed by atoms with E-state index in [1.807, 2.05) is 0 Å². The summed E-state index contributed by atoms with van der Waals surface area (Å²) in [6.45, 7) is 1.60. The number of carbonyl (C=O) groups is 1. The van der Waals surface area contributed by atoms with E-state index in [0.29, 0.717) is 30.9 Å². The molecule has 1 amide bonds. The Morgan fingerprint density at radius 2 is 2.21 bits per heavy atom. The molecular weight excluding hydrogens is 328 g/mol. The van der Waals surface area contributed by atoms with E-state index in [4.69, 9.17) is 0 Å². The van der Waals surface area contributed by atoms with E-state index in [9.17, 15) is 13.2 Å². The lowest BCUT2D eigenvalue weighted by Crippen LogP contribution is -2.29. The highest BCUT2D eigenvalue weighted by atomic mass is 32.2. The topological polar surface area (TPSA) is 99.7 Å². The van der Waals surface area contributed by atoms with Gasteiger partial charge in [0.05, 0.1) is 4.90 Å². The van der Waals surface area contributed by atoms with Crippen LogP contribution in [0.4, 0.5) is 5.69 Å². The number of amidine groups is 1. The molecule has 1 fully saturated rings. The fourth-order valence-corrected chi connectivity index (χ4v) is 4.08. The van der Waals surface area contributed by atoms with Gasteiger partial charge in [0, 0.05) is 31.1 Å². The first-order chi connectivity index (χ1) is 11.5. The molecule has 1 aromatic carbocycles. The summed E-state index contributed by atoms with van der Waals surface area (Å²) >= 11 is 0. The van der Waals surface area contributed by atoms with Crippen LogP contribution >= 0.6 is 0 Å². The van der Waals surface area contributed by atoms with E-state index in [1.165, 1.54) is 12.1 Å². The lowest BCUT2D eigenvalue weighted by molar-refractivity contribution is -0.116. The van der Waals surface area contributed by atoms with E-state index < -0.39 is 10.0 Å². The van der Waals surface area contributed by atoms with E-state index in [-0.39, 0.29) is 16.8 Å². The molecule has 2 heterocycles. The molecular formula is C16H22N4O3S. The summed E-state index contributed by atoms with van der Waals surface area (Å²) in [5.74, 6) is 0.383. The van der Waals surface area contributed by atoms with Crippen molar-refractivity contribution in [3.05, 3.63) is 24.3 Å². The fraction of sp³-hybridized carbons (Fsp3) is 0.500. The van der Waals surface area contributed by atoms with Crippen molar-refractivity contribution in [1.29, 1.82) is 0 Å². The molecule has 1 atom stereocenters. The molecule has 0 aliphatic carbocycles. The Labute approximate surface area is 142 Å². The first kappa shape index (κ1) is 16.9. The normalized spacial score (nSPS) is 20.7. The average molecular weight is 350 g/mol. The second kappa shape index (κ2) is 7.31.